The maximum atomic E-state index is 13.8. The number of halogens is 2. The Bertz CT molecular complexity index is 1240. The zero-order valence-electron chi connectivity index (χ0n) is 18.0. The molecule has 3 aromatic rings. The minimum atomic E-state index is -0.546. The third kappa shape index (κ3) is 4.32. The van der Waals surface area contributed by atoms with Gasteiger partial charge >= 0.3 is 0 Å². The molecule has 170 valence electrons. The van der Waals surface area contributed by atoms with Crippen LogP contribution in [0.4, 0.5) is 16.2 Å². The molecule has 33 heavy (non-hydrogen) atoms. The van der Waals surface area contributed by atoms with E-state index in [-0.39, 0.29) is 15.7 Å². The fourth-order valence-corrected chi connectivity index (χ4v) is 4.89. The summed E-state index contributed by atoms with van der Waals surface area (Å²) >= 11 is 2.37. The summed E-state index contributed by atoms with van der Waals surface area (Å²) < 4.78 is 25.2. The highest BCUT2D eigenvalue weighted by Crippen LogP contribution is 2.32. The molecule has 2 aromatic heterocycles. The molecule has 0 unspecified atom stereocenters. The molecule has 0 spiro atoms. The molecule has 1 aromatic carbocycles. The van der Waals surface area contributed by atoms with E-state index in [1.807, 2.05) is 18.2 Å². The summed E-state index contributed by atoms with van der Waals surface area (Å²) in [6.45, 7) is 6.00. The zero-order valence-corrected chi connectivity index (χ0v) is 20.2. The van der Waals surface area contributed by atoms with Gasteiger partial charge in [0, 0.05) is 18.7 Å². The van der Waals surface area contributed by atoms with Crippen LogP contribution in [0.5, 0.6) is 0 Å². The lowest BCUT2D eigenvalue weighted by Crippen LogP contribution is -2.45. The van der Waals surface area contributed by atoms with Crippen LogP contribution in [0.3, 0.4) is 0 Å². The first-order valence-electron chi connectivity index (χ1n) is 10.8. The second-order valence-corrected chi connectivity index (χ2v) is 9.48. The van der Waals surface area contributed by atoms with E-state index in [9.17, 15) is 9.65 Å². The summed E-state index contributed by atoms with van der Waals surface area (Å²) in [5.74, 6) is 0.896. The predicted octanol–water partition coefficient (Wildman–Crippen LogP) is 3.53. The summed E-state index contributed by atoms with van der Waals surface area (Å²) in [5.41, 5.74) is 1.83. The highest BCUT2D eigenvalue weighted by atomic mass is 127. The van der Waals surface area contributed by atoms with Crippen molar-refractivity contribution in [3.05, 3.63) is 41.7 Å². The van der Waals surface area contributed by atoms with Gasteiger partial charge in [-0.3, -0.25) is 0 Å². The Morgan fingerprint density at radius 1 is 1.06 bits per heavy atom. The molecule has 0 amide bonds. The van der Waals surface area contributed by atoms with Gasteiger partial charge in [0.25, 0.3) is 0 Å². The minimum absolute atomic E-state index is 0.0123. The molecule has 0 bridgehead atoms. The number of anilines is 2. The van der Waals surface area contributed by atoms with Crippen LogP contribution in [0.1, 0.15) is 12.5 Å². The summed E-state index contributed by atoms with van der Waals surface area (Å²) in [4.78, 5) is 19.0. The van der Waals surface area contributed by atoms with Crippen LogP contribution >= 0.6 is 22.6 Å². The quantitative estimate of drug-likeness (QED) is 0.273. The molecule has 0 aliphatic carbocycles. The van der Waals surface area contributed by atoms with Crippen LogP contribution in [-0.4, -0.2) is 64.6 Å². The van der Waals surface area contributed by atoms with Crippen LogP contribution in [0.15, 0.2) is 30.3 Å². The minimum Gasteiger partial charge on any atom is -0.377 e. The molecule has 4 heterocycles. The van der Waals surface area contributed by atoms with Gasteiger partial charge in [0.2, 0.25) is 5.95 Å². The first-order valence-corrected chi connectivity index (χ1v) is 12.0. The smallest absolute Gasteiger partial charge is 0.229 e. The average Bonchev–Trinajstić information content (AvgIpc) is 2.84. The topological polar surface area (TPSA) is 87.4 Å². The van der Waals surface area contributed by atoms with E-state index in [1.54, 1.807) is 6.07 Å². The maximum absolute atomic E-state index is 13.8. The monoisotopic (exact) mass is 560 g/mol. The second kappa shape index (κ2) is 9.32. The molecule has 0 radical (unpaired) electrons. The molecule has 2 aliphatic heterocycles. The van der Waals surface area contributed by atoms with Crippen LogP contribution in [0.25, 0.3) is 22.3 Å². The summed E-state index contributed by atoms with van der Waals surface area (Å²) in [6, 6.07) is 10.3. The van der Waals surface area contributed by atoms with Gasteiger partial charge in [-0.2, -0.15) is 15.2 Å². The van der Waals surface area contributed by atoms with Gasteiger partial charge in [-0.15, -0.1) is 0 Å². The van der Waals surface area contributed by atoms with E-state index in [0.29, 0.717) is 55.8 Å². The molecule has 0 N–H and O–H groups in total. The lowest BCUT2D eigenvalue weighted by molar-refractivity contribution is 0.0981. The van der Waals surface area contributed by atoms with Crippen molar-refractivity contribution in [1.82, 2.24) is 15.0 Å². The van der Waals surface area contributed by atoms with Crippen molar-refractivity contribution in [3.63, 3.8) is 0 Å². The Morgan fingerprint density at radius 3 is 2.61 bits per heavy atom. The van der Waals surface area contributed by atoms with Crippen LogP contribution in [0, 0.1) is 17.1 Å². The van der Waals surface area contributed by atoms with Crippen molar-refractivity contribution in [1.29, 1.82) is 5.26 Å². The number of ether oxygens (including phenoxy) is 2. The number of fused-ring (bicyclic) bond motifs is 1. The van der Waals surface area contributed by atoms with E-state index in [4.69, 9.17) is 24.4 Å². The highest BCUT2D eigenvalue weighted by Gasteiger charge is 2.28. The molecule has 5 rings (SSSR count). The van der Waals surface area contributed by atoms with Gasteiger partial charge in [0.1, 0.15) is 21.8 Å². The summed E-state index contributed by atoms with van der Waals surface area (Å²) in [6.07, 6.45) is 0. The zero-order chi connectivity index (χ0) is 22.9. The lowest BCUT2D eigenvalue weighted by Gasteiger charge is -2.36. The van der Waals surface area contributed by atoms with Crippen molar-refractivity contribution in [2.45, 2.75) is 17.0 Å². The van der Waals surface area contributed by atoms with Gasteiger partial charge in [0.15, 0.2) is 5.65 Å². The number of nitriles is 1. The van der Waals surface area contributed by atoms with Gasteiger partial charge in [-0.1, -0.05) is 22.6 Å². The number of nitrogens with zero attached hydrogens (tertiary/aromatic N) is 6. The molecule has 2 saturated heterocycles. The van der Waals surface area contributed by atoms with E-state index < -0.39 is 5.82 Å². The first-order chi connectivity index (χ1) is 16.0. The number of hydrogen-bond acceptors (Lipinski definition) is 8. The van der Waals surface area contributed by atoms with Crippen molar-refractivity contribution >= 4 is 45.4 Å². The summed E-state index contributed by atoms with van der Waals surface area (Å²) in [7, 11) is 0. The number of benzene rings is 1. The molecule has 0 saturated carbocycles. The SMILES string of the molecule is C[C@H]1COCCN1c1nc(N2CCOC[C@@H]2I)c2ccc(-c3ccc(F)c(C#N)c3)nc2n1. The Balaban J connectivity index is 1.66. The predicted molar refractivity (Wildman–Crippen MR) is 131 cm³/mol. The van der Waals surface area contributed by atoms with Gasteiger partial charge in [-0.25, -0.2) is 9.37 Å². The average molecular weight is 560 g/mol. The van der Waals surface area contributed by atoms with E-state index in [0.717, 1.165) is 17.7 Å². The number of alkyl halides is 1. The third-order valence-electron chi connectivity index (χ3n) is 5.88. The maximum Gasteiger partial charge on any atom is 0.229 e. The number of aromatic nitrogens is 3. The van der Waals surface area contributed by atoms with Crippen molar-refractivity contribution in [2.75, 3.05) is 49.3 Å². The van der Waals surface area contributed by atoms with E-state index in [1.165, 1.54) is 12.1 Å². The van der Waals surface area contributed by atoms with Crippen molar-refractivity contribution < 1.29 is 13.9 Å². The Labute approximate surface area is 204 Å². The van der Waals surface area contributed by atoms with Crippen LogP contribution in [0.2, 0.25) is 0 Å². The molecule has 8 nitrogen and oxygen atoms in total. The number of hydrogen-bond donors (Lipinski definition) is 0. The van der Waals surface area contributed by atoms with Crippen molar-refractivity contribution in [3.8, 4) is 17.3 Å². The number of pyridine rings is 1. The Morgan fingerprint density at radius 2 is 1.85 bits per heavy atom. The lowest BCUT2D eigenvalue weighted by atomic mass is 10.1. The molecular formula is C23H22FIN6O2. The van der Waals surface area contributed by atoms with Gasteiger partial charge < -0.3 is 19.3 Å². The van der Waals surface area contributed by atoms with Crippen molar-refractivity contribution in [2.24, 2.45) is 0 Å². The molecule has 10 heteroatoms. The molecular weight excluding hydrogens is 538 g/mol. The normalized spacial score (nSPS) is 21.3. The standard InChI is InChI=1S/C23H22FIN6O2/c1-14-12-32-8-6-30(14)23-28-21-17(22(29-23)31-7-9-33-13-20(31)25)3-5-19(27-21)15-2-4-18(24)16(10-15)11-26/h2-5,10,14,20H,6-9,12-13H2,1H3/t14-,20+/m0/s1. The fraction of sp³-hybridized carbons (Fsp3) is 0.391. The Kier molecular flexibility index (Phi) is 6.27. The highest BCUT2D eigenvalue weighted by molar-refractivity contribution is 14.1. The van der Waals surface area contributed by atoms with Crippen LogP contribution in [-0.2, 0) is 9.47 Å². The third-order valence-corrected chi connectivity index (χ3v) is 6.91. The van der Waals surface area contributed by atoms with E-state index in [2.05, 4.69) is 39.3 Å². The summed E-state index contributed by atoms with van der Waals surface area (Å²) in [5, 5.41) is 10.1. The molecule has 2 aliphatic rings. The largest absolute Gasteiger partial charge is 0.377 e. The fourth-order valence-electron chi connectivity index (χ4n) is 4.10. The molecule has 2 atom stereocenters. The first kappa shape index (κ1) is 22.2. The number of rotatable bonds is 3. The van der Waals surface area contributed by atoms with Gasteiger partial charge in [0.05, 0.1) is 49.1 Å². The Hall–Kier alpha value is -2.62. The van der Waals surface area contributed by atoms with Gasteiger partial charge in [-0.05, 0) is 37.3 Å². The second-order valence-electron chi connectivity index (χ2n) is 8.04. The van der Waals surface area contributed by atoms with Crippen LogP contribution < -0.4 is 9.80 Å². The molecule has 2 fully saturated rings. The number of morpholine rings is 2. The van der Waals surface area contributed by atoms with E-state index >= 15 is 0 Å².